The van der Waals surface area contributed by atoms with Crippen LogP contribution in [0.1, 0.15) is 11.1 Å². The monoisotopic (exact) mass is 434 g/mol. The fourth-order valence-corrected chi connectivity index (χ4v) is 4.29. The highest BCUT2D eigenvalue weighted by Crippen LogP contribution is 2.37. The van der Waals surface area contributed by atoms with Gasteiger partial charge in [-0.2, -0.15) is 0 Å². The van der Waals surface area contributed by atoms with E-state index in [0.29, 0.717) is 15.6 Å². The molecule has 0 spiro atoms. The average molecular weight is 435 g/mol. The number of rotatable bonds is 6. The van der Waals surface area contributed by atoms with Crippen molar-refractivity contribution in [1.29, 1.82) is 0 Å². The fraction of sp³-hybridized carbons (Fsp3) is 0.0833. The molecule has 3 aromatic carbocycles. The summed E-state index contributed by atoms with van der Waals surface area (Å²) >= 11 is 7.53. The van der Waals surface area contributed by atoms with Gasteiger partial charge in [0.25, 0.3) is 11.8 Å². The van der Waals surface area contributed by atoms with Crippen molar-refractivity contribution < 1.29 is 9.59 Å². The van der Waals surface area contributed by atoms with Gasteiger partial charge in [-0.15, -0.1) is 0 Å². The van der Waals surface area contributed by atoms with E-state index in [4.69, 9.17) is 11.6 Å². The molecule has 6 heteroatoms. The molecule has 4 nitrogen and oxygen atoms in total. The Labute approximate surface area is 184 Å². The molecule has 1 heterocycles. The highest BCUT2D eigenvalue weighted by molar-refractivity contribution is 8.04. The van der Waals surface area contributed by atoms with E-state index in [1.165, 1.54) is 16.7 Å². The van der Waals surface area contributed by atoms with Crippen LogP contribution in [0.4, 0.5) is 5.69 Å². The lowest BCUT2D eigenvalue weighted by atomic mass is 10.2. The molecular formula is C24H19ClN2O2S. The molecule has 3 aromatic rings. The largest absolute Gasteiger partial charge is 0.350 e. The van der Waals surface area contributed by atoms with Crippen molar-refractivity contribution in [2.24, 2.45) is 0 Å². The number of benzene rings is 3. The smallest absolute Gasteiger partial charge is 0.278 e. The van der Waals surface area contributed by atoms with Crippen LogP contribution in [-0.2, 0) is 16.1 Å². The van der Waals surface area contributed by atoms with Gasteiger partial charge in [0.1, 0.15) is 10.6 Å². The summed E-state index contributed by atoms with van der Waals surface area (Å²) in [6.45, 7) is 2.09. The Bertz CT molecular complexity index is 1130. The summed E-state index contributed by atoms with van der Waals surface area (Å²) in [5, 5.41) is 3.77. The normalized spacial score (nSPS) is 13.9. The fourth-order valence-electron chi connectivity index (χ4n) is 3.15. The molecule has 30 heavy (non-hydrogen) atoms. The zero-order valence-electron chi connectivity index (χ0n) is 16.3. The molecule has 2 amide bonds. The molecule has 0 bridgehead atoms. The van der Waals surface area contributed by atoms with Crippen molar-refractivity contribution in [3.63, 3.8) is 0 Å². The number of amides is 2. The van der Waals surface area contributed by atoms with Crippen LogP contribution in [0.15, 0.2) is 94.4 Å². The maximum absolute atomic E-state index is 13.3. The van der Waals surface area contributed by atoms with Crippen molar-refractivity contribution in [2.75, 3.05) is 5.32 Å². The lowest BCUT2D eigenvalue weighted by Gasteiger charge is -2.16. The first-order chi connectivity index (χ1) is 14.5. The van der Waals surface area contributed by atoms with Gasteiger partial charge in [0, 0.05) is 15.6 Å². The van der Waals surface area contributed by atoms with Gasteiger partial charge in [0.05, 0.1) is 6.54 Å². The number of hydrogen-bond acceptors (Lipinski definition) is 4. The third-order valence-corrected chi connectivity index (χ3v) is 6.30. The van der Waals surface area contributed by atoms with E-state index in [9.17, 15) is 9.59 Å². The predicted molar refractivity (Wildman–Crippen MR) is 121 cm³/mol. The second kappa shape index (κ2) is 8.78. The maximum Gasteiger partial charge on any atom is 0.278 e. The molecule has 150 valence electrons. The number of anilines is 1. The van der Waals surface area contributed by atoms with Crippen LogP contribution in [0.25, 0.3) is 0 Å². The number of nitrogens with one attached hydrogen (secondary N) is 1. The number of nitrogens with zero attached hydrogens (tertiary/aromatic N) is 1. The first kappa shape index (κ1) is 20.3. The Balaban J connectivity index is 1.71. The van der Waals surface area contributed by atoms with Crippen molar-refractivity contribution in [2.45, 2.75) is 18.4 Å². The second-order valence-corrected chi connectivity index (χ2v) is 8.33. The summed E-state index contributed by atoms with van der Waals surface area (Å²) in [7, 11) is 0. The molecule has 0 aromatic heterocycles. The van der Waals surface area contributed by atoms with Crippen molar-refractivity contribution in [1.82, 2.24) is 4.90 Å². The third kappa shape index (κ3) is 4.13. The highest BCUT2D eigenvalue weighted by Gasteiger charge is 2.39. The lowest BCUT2D eigenvalue weighted by Crippen LogP contribution is -2.31. The van der Waals surface area contributed by atoms with Crippen molar-refractivity contribution in [3.8, 4) is 0 Å². The minimum Gasteiger partial charge on any atom is -0.350 e. The molecule has 0 saturated carbocycles. The number of hydrogen-bond donors (Lipinski definition) is 1. The first-order valence-corrected chi connectivity index (χ1v) is 10.6. The molecular weight excluding hydrogens is 416 g/mol. The maximum atomic E-state index is 13.3. The molecule has 0 aliphatic carbocycles. The van der Waals surface area contributed by atoms with E-state index < -0.39 is 0 Å². The standard InChI is InChI=1S/C24H19ClN2O2S/c1-16-19(25)13-8-14-20(16)26-21-22(30-18-11-6-3-7-12-18)24(29)27(23(21)28)15-17-9-4-2-5-10-17/h2-14,26H,15H2,1H3. The molecule has 1 aliphatic heterocycles. The van der Waals surface area contributed by atoms with Crippen molar-refractivity contribution >= 4 is 40.9 Å². The quantitative estimate of drug-likeness (QED) is 0.510. The van der Waals surface area contributed by atoms with Crippen LogP contribution in [-0.4, -0.2) is 16.7 Å². The van der Waals surface area contributed by atoms with E-state index in [2.05, 4.69) is 5.32 Å². The van der Waals surface area contributed by atoms with Crippen LogP contribution in [0, 0.1) is 6.92 Å². The highest BCUT2D eigenvalue weighted by atomic mass is 35.5. The summed E-state index contributed by atoms with van der Waals surface area (Å²) in [6, 6.07) is 24.5. The number of halogens is 1. The molecule has 1 N–H and O–H groups in total. The zero-order valence-corrected chi connectivity index (χ0v) is 17.8. The Morgan fingerprint density at radius 2 is 1.53 bits per heavy atom. The molecule has 4 rings (SSSR count). The van der Waals surface area contributed by atoms with E-state index in [1.807, 2.05) is 79.7 Å². The van der Waals surface area contributed by atoms with Crippen LogP contribution in [0.3, 0.4) is 0 Å². The predicted octanol–water partition coefficient (Wildman–Crippen LogP) is 5.63. The summed E-state index contributed by atoms with van der Waals surface area (Å²) in [5.74, 6) is -0.651. The number of carbonyl (C=O) groups excluding carboxylic acids is 2. The topological polar surface area (TPSA) is 49.4 Å². The van der Waals surface area contributed by atoms with Gasteiger partial charge in [-0.3, -0.25) is 14.5 Å². The van der Waals surface area contributed by atoms with Gasteiger partial charge in [-0.1, -0.05) is 78.0 Å². The SMILES string of the molecule is Cc1c(Cl)cccc1NC1=C(Sc2ccccc2)C(=O)N(Cc2ccccc2)C1=O. The molecule has 0 unspecified atom stereocenters. The Kier molecular flexibility index (Phi) is 5.93. The van der Waals surface area contributed by atoms with Crippen LogP contribution < -0.4 is 5.32 Å². The average Bonchev–Trinajstić information content (AvgIpc) is 2.97. The van der Waals surface area contributed by atoms with Gasteiger partial charge in [0.2, 0.25) is 0 Å². The summed E-state index contributed by atoms with van der Waals surface area (Å²) in [5.41, 5.74) is 2.68. The van der Waals surface area contributed by atoms with Crippen molar-refractivity contribution in [3.05, 3.63) is 106 Å². The van der Waals surface area contributed by atoms with E-state index >= 15 is 0 Å². The Hall–Kier alpha value is -3.02. The minimum atomic E-state index is -0.346. The summed E-state index contributed by atoms with van der Waals surface area (Å²) in [4.78, 5) is 29.0. The van der Waals surface area contributed by atoms with Gasteiger partial charge >= 0.3 is 0 Å². The minimum absolute atomic E-state index is 0.219. The number of imide groups is 1. The van der Waals surface area contributed by atoms with Gasteiger partial charge in [-0.05, 0) is 42.3 Å². The molecule has 1 aliphatic rings. The molecule has 0 radical (unpaired) electrons. The molecule has 0 atom stereocenters. The van der Waals surface area contributed by atoms with Gasteiger partial charge in [-0.25, -0.2) is 0 Å². The summed E-state index contributed by atoms with van der Waals surface area (Å²) < 4.78 is 0. The van der Waals surface area contributed by atoms with E-state index in [-0.39, 0.29) is 24.1 Å². The van der Waals surface area contributed by atoms with E-state index in [1.54, 1.807) is 6.07 Å². The number of thioether (sulfide) groups is 1. The molecule has 0 fully saturated rings. The van der Waals surface area contributed by atoms with Crippen LogP contribution in [0.2, 0.25) is 5.02 Å². The zero-order chi connectivity index (χ0) is 21.1. The molecule has 0 saturated heterocycles. The first-order valence-electron chi connectivity index (χ1n) is 9.44. The van der Waals surface area contributed by atoms with Gasteiger partial charge in [0.15, 0.2) is 0 Å². The van der Waals surface area contributed by atoms with Crippen LogP contribution in [0.5, 0.6) is 0 Å². The summed E-state index contributed by atoms with van der Waals surface area (Å²) in [6.07, 6.45) is 0. The van der Waals surface area contributed by atoms with Gasteiger partial charge < -0.3 is 5.32 Å². The van der Waals surface area contributed by atoms with Crippen LogP contribution >= 0.6 is 23.4 Å². The Morgan fingerprint density at radius 3 is 2.23 bits per heavy atom. The second-order valence-electron chi connectivity index (χ2n) is 6.84. The Morgan fingerprint density at radius 1 is 0.867 bits per heavy atom. The third-order valence-electron chi connectivity index (χ3n) is 4.80. The lowest BCUT2D eigenvalue weighted by molar-refractivity contribution is -0.137. The van der Waals surface area contributed by atoms with E-state index in [0.717, 1.165) is 16.0 Å². The number of carbonyl (C=O) groups is 2.